The minimum Gasteiger partial charge on any atom is -0.484 e. The zero-order valence-corrected chi connectivity index (χ0v) is 18.0. The minimum atomic E-state index is -0.341. The molecule has 0 aliphatic carbocycles. The highest BCUT2D eigenvalue weighted by Gasteiger charge is 2.12. The molecule has 1 aromatic heterocycles. The smallest absolute Gasteiger partial charge is 0.262 e. The molecule has 1 amide bonds. The average molecular weight is 450 g/mol. The predicted molar refractivity (Wildman–Crippen MR) is 124 cm³/mol. The number of ether oxygens (including phenoxy) is 2. The molecule has 0 saturated carbocycles. The van der Waals surface area contributed by atoms with Gasteiger partial charge in [0.25, 0.3) is 5.91 Å². The van der Waals surface area contributed by atoms with Crippen LogP contribution in [0.15, 0.2) is 82.2 Å². The lowest BCUT2D eigenvalue weighted by molar-refractivity contribution is -0.118. The van der Waals surface area contributed by atoms with Gasteiger partial charge in [-0.3, -0.25) is 9.59 Å². The Balaban J connectivity index is 1.46. The Labute approximate surface area is 189 Å². The Morgan fingerprint density at radius 1 is 1.03 bits per heavy atom. The van der Waals surface area contributed by atoms with Gasteiger partial charge in [-0.2, -0.15) is 0 Å². The largest absolute Gasteiger partial charge is 0.484 e. The van der Waals surface area contributed by atoms with Gasteiger partial charge in [0.05, 0.1) is 10.4 Å². The van der Waals surface area contributed by atoms with Crippen LogP contribution in [-0.4, -0.2) is 12.5 Å². The third-order valence-electron chi connectivity index (χ3n) is 4.81. The molecule has 0 radical (unpaired) electrons. The number of nitrogens with one attached hydrogen (secondary N) is 1. The number of halogens is 1. The summed E-state index contributed by atoms with van der Waals surface area (Å²) in [4.78, 5) is 25.0. The molecule has 32 heavy (non-hydrogen) atoms. The average Bonchev–Trinajstić information content (AvgIpc) is 2.81. The molecule has 7 heteroatoms. The van der Waals surface area contributed by atoms with Gasteiger partial charge in [-0.15, -0.1) is 0 Å². The standard InChI is InChI=1S/C25H20ClNO5/c1-2-16-7-3-5-9-20(16)27-24(28)15-30-17-11-12-18-22(13-17)31-14-23(25(18)29)32-21-10-6-4-8-19(21)26/h3-14H,2,15H2,1H3,(H,27,28). The van der Waals surface area contributed by atoms with Crippen molar-refractivity contribution in [3.63, 3.8) is 0 Å². The van der Waals surface area contributed by atoms with Gasteiger partial charge in [-0.05, 0) is 42.3 Å². The Kier molecular flexibility index (Phi) is 6.42. The molecule has 0 aliphatic rings. The van der Waals surface area contributed by atoms with Gasteiger partial charge in [0.1, 0.15) is 23.3 Å². The van der Waals surface area contributed by atoms with Crippen molar-refractivity contribution in [2.45, 2.75) is 13.3 Å². The molecular formula is C25H20ClNO5. The Bertz CT molecular complexity index is 1330. The van der Waals surface area contributed by atoms with Crippen LogP contribution in [0.2, 0.25) is 5.02 Å². The second-order valence-electron chi connectivity index (χ2n) is 6.97. The fraction of sp³-hybridized carbons (Fsp3) is 0.120. The van der Waals surface area contributed by atoms with E-state index in [1.165, 1.54) is 6.26 Å². The summed E-state index contributed by atoms with van der Waals surface area (Å²) in [6, 6.07) is 19.2. The summed E-state index contributed by atoms with van der Waals surface area (Å²) in [5.74, 6) is 0.500. The number of aryl methyl sites for hydroxylation is 1. The number of hydrogen-bond acceptors (Lipinski definition) is 5. The molecule has 0 aliphatic heterocycles. The quantitative estimate of drug-likeness (QED) is 0.384. The van der Waals surface area contributed by atoms with E-state index in [2.05, 4.69) is 5.32 Å². The van der Waals surface area contributed by atoms with Crippen molar-refractivity contribution >= 4 is 34.2 Å². The van der Waals surface area contributed by atoms with Crippen LogP contribution in [0, 0.1) is 0 Å². The van der Waals surface area contributed by atoms with Crippen LogP contribution in [0.25, 0.3) is 11.0 Å². The third-order valence-corrected chi connectivity index (χ3v) is 5.13. The Hall–Kier alpha value is -3.77. The van der Waals surface area contributed by atoms with Crippen LogP contribution in [0.3, 0.4) is 0 Å². The van der Waals surface area contributed by atoms with Crippen LogP contribution in [-0.2, 0) is 11.2 Å². The summed E-state index contributed by atoms with van der Waals surface area (Å²) in [5.41, 5.74) is 1.78. The third kappa shape index (κ3) is 4.76. The van der Waals surface area contributed by atoms with E-state index in [-0.39, 0.29) is 23.7 Å². The fourth-order valence-electron chi connectivity index (χ4n) is 3.18. The van der Waals surface area contributed by atoms with Gasteiger partial charge < -0.3 is 19.2 Å². The molecule has 0 spiro atoms. The van der Waals surface area contributed by atoms with Crippen LogP contribution in [0.1, 0.15) is 12.5 Å². The number of amides is 1. The molecule has 162 valence electrons. The Morgan fingerprint density at radius 3 is 2.62 bits per heavy atom. The van der Waals surface area contributed by atoms with E-state index < -0.39 is 0 Å². The van der Waals surface area contributed by atoms with E-state index in [0.717, 1.165) is 17.7 Å². The molecule has 4 aromatic rings. The lowest BCUT2D eigenvalue weighted by atomic mass is 10.1. The number of anilines is 1. The van der Waals surface area contributed by atoms with Crippen LogP contribution >= 0.6 is 11.6 Å². The number of carbonyl (C=O) groups is 1. The molecule has 0 unspecified atom stereocenters. The fourth-order valence-corrected chi connectivity index (χ4v) is 3.36. The number of benzene rings is 3. The van der Waals surface area contributed by atoms with Crippen molar-refractivity contribution in [3.05, 3.63) is 93.8 Å². The molecule has 0 fully saturated rings. The van der Waals surface area contributed by atoms with E-state index >= 15 is 0 Å². The van der Waals surface area contributed by atoms with E-state index in [9.17, 15) is 9.59 Å². The van der Waals surface area contributed by atoms with Gasteiger partial charge in [-0.25, -0.2) is 0 Å². The van der Waals surface area contributed by atoms with Crippen molar-refractivity contribution in [1.29, 1.82) is 0 Å². The molecule has 4 rings (SSSR count). The zero-order valence-electron chi connectivity index (χ0n) is 17.3. The first-order valence-electron chi connectivity index (χ1n) is 10.0. The van der Waals surface area contributed by atoms with Crippen molar-refractivity contribution in [2.24, 2.45) is 0 Å². The second-order valence-corrected chi connectivity index (χ2v) is 7.37. The lowest BCUT2D eigenvalue weighted by Gasteiger charge is -2.11. The minimum absolute atomic E-state index is 0.0215. The van der Waals surface area contributed by atoms with E-state index in [1.54, 1.807) is 42.5 Å². The SMILES string of the molecule is CCc1ccccc1NC(=O)COc1ccc2c(=O)c(Oc3ccccc3Cl)coc2c1. The first-order valence-corrected chi connectivity index (χ1v) is 10.4. The zero-order chi connectivity index (χ0) is 22.5. The summed E-state index contributed by atoms with van der Waals surface area (Å²) >= 11 is 6.09. The molecule has 0 atom stereocenters. The van der Waals surface area contributed by atoms with Crippen LogP contribution in [0.5, 0.6) is 17.2 Å². The van der Waals surface area contributed by atoms with E-state index in [4.69, 9.17) is 25.5 Å². The molecule has 6 nitrogen and oxygen atoms in total. The highest BCUT2D eigenvalue weighted by Crippen LogP contribution is 2.29. The summed E-state index contributed by atoms with van der Waals surface area (Å²) in [6.07, 6.45) is 2.04. The Morgan fingerprint density at radius 2 is 1.81 bits per heavy atom. The van der Waals surface area contributed by atoms with E-state index in [1.807, 2.05) is 31.2 Å². The maximum absolute atomic E-state index is 12.8. The normalized spacial score (nSPS) is 10.7. The maximum Gasteiger partial charge on any atom is 0.262 e. The molecular weight excluding hydrogens is 430 g/mol. The molecule has 1 N–H and O–H groups in total. The van der Waals surface area contributed by atoms with Crippen LogP contribution < -0.4 is 20.2 Å². The van der Waals surface area contributed by atoms with Gasteiger partial charge >= 0.3 is 0 Å². The van der Waals surface area contributed by atoms with Gasteiger partial charge in [-0.1, -0.05) is 48.9 Å². The highest BCUT2D eigenvalue weighted by molar-refractivity contribution is 6.32. The lowest BCUT2D eigenvalue weighted by Crippen LogP contribution is -2.20. The van der Waals surface area contributed by atoms with Crippen molar-refractivity contribution in [1.82, 2.24) is 0 Å². The van der Waals surface area contributed by atoms with Crippen molar-refractivity contribution in [2.75, 3.05) is 11.9 Å². The van der Waals surface area contributed by atoms with Gasteiger partial charge in [0.2, 0.25) is 11.2 Å². The number of carbonyl (C=O) groups excluding carboxylic acids is 1. The summed E-state index contributed by atoms with van der Waals surface area (Å²) in [6.45, 7) is 1.84. The van der Waals surface area contributed by atoms with Gasteiger partial charge in [0.15, 0.2) is 6.61 Å². The van der Waals surface area contributed by atoms with Crippen molar-refractivity contribution in [3.8, 4) is 17.2 Å². The number of fused-ring (bicyclic) bond motifs is 1. The number of para-hydroxylation sites is 2. The summed E-state index contributed by atoms with van der Waals surface area (Å²) < 4.78 is 16.8. The first-order chi connectivity index (χ1) is 15.5. The molecule has 0 bridgehead atoms. The van der Waals surface area contributed by atoms with Crippen LogP contribution in [0.4, 0.5) is 5.69 Å². The number of hydrogen-bond donors (Lipinski definition) is 1. The monoisotopic (exact) mass is 449 g/mol. The van der Waals surface area contributed by atoms with Gasteiger partial charge in [0, 0.05) is 11.8 Å². The molecule has 0 saturated heterocycles. The predicted octanol–water partition coefficient (Wildman–Crippen LogP) is 5.82. The van der Waals surface area contributed by atoms with E-state index in [0.29, 0.717) is 27.5 Å². The maximum atomic E-state index is 12.8. The number of rotatable bonds is 7. The van der Waals surface area contributed by atoms with Crippen molar-refractivity contribution < 1.29 is 18.7 Å². The molecule has 1 heterocycles. The topological polar surface area (TPSA) is 77.8 Å². The summed E-state index contributed by atoms with van der Waals surface area (Å²) in [7, 11) is 0. The molecule has 3 aromatic carbocycles. The second kappa shape index (κ2) is 9.58. The summed E-state index contributed by atoms with van der Waals surface area (Å²) in [5, 5.41) is 3.56. The first kappa shape index (κ1) is 21.5. The highest BCUT2D eigenvalue weighted by atomic mass is 35.5.